The van der Waals surface area contributed by atoms with E-state index in [1.54, 1.807) is 6.08 Å². The number of hydrogen-bond acceptors (Lipinski definition) is 3. The van der Waals surface area contributed by atoms with E-state index in [-0.39, 0.29) is 30.0 Å². The number of nitriles is 1. The molecule has 156 valence electrons. The molecular weight excluding hydrogens is 444 g/mol. The summed E-state index contributed by atoms with van der Waals surface area (Å²) >= 11 is 3.50. The van der Waals surface area contributed by atoms with Crippen LogP contribution in [0.25, 0.3) is 17.0 Å². The summed E-state index contributed by atoms with van der Waals surface area (Å²) in [6, 6.07) is 8.07. The standard InChI is InChI=1S/C23H25BrN4O2/c24-18-5-8-21-20(12-18)17(11-16(13-25)23(30)26-19-6-7-19)14-28(21)15-22(29)27-9-3-1-2-4-10-27/h5,8,11-12,14,19H,1-4,6-7,9-10,15H2,(H,26,30)/b16-11+. The van der Waals surface area contributed by atoms with E-state index < -0.39 is 0 Å². The van der Waals surface area contributed by atoms with Crippen LogP contribution in [0.2, 0.25) is 0 Å². The molecule has 0 bridgehead atoms. The van der Waals surface area contributed by atoms with Crippen LogP contribution in [0.1, 0.15) is 44.1 Å². The molecular formula is C23H25BrN4O2. The molecule has 1 aromatic heterocycles. The number of amides is 2. The maximum Gasteiger partial charge on any atom is 0.262 e. The van der Waals surface area contributed by atoms with Crippen LogP contribution in [0.5, 0.6) is 0 Å². The van der Waals surface area contributed by atoms with Gasteiger partial charge < -0.3 is 14.8 Å². The largest absolute Gasteiger partial charge is 0.349 e. The van der Waals surface area contributed by atoms with Gasteiger partial charge in [0.15, 0.2) is 0 Å². The van der Waals surface area contributed by atoms with Crippen LogP contribution in [0, 0.1) is 11.3 Å². The number of nitrogens with zero attached hydrogens (tertiary/aromatic N) is 3. The van der Waals surface area contributed by atoms with Crippen molar-refractivity contribution in [3.05, 3.63) is 40.0 Å². The number of carbonyl (C=O) groups excluding carboxylic acids is 2. The molecule has 4 rings (SSSR count). The Balaban J connectivity index is 1.64. The molecule has 1 saturated heterocycles. The molecule has 2 heterocycles. The van der Waals surface area contributed by atoms with Crippen LogP contribution in [-0.2, 0) is 16.1 Å². The van der Waals surface area contributed by atoms with Crippen LogP contribution < -0.4 is 5.32 Å². The summed E-state index contributed by atoms with van der Waals surface area (Å²) in [5, 5.41) is 13.3. The SMILES string of the molecule is N#C/C(=C\c1cn(CC(=O)N2CCCCCC2)c2ccc(Br)cc12)C(=O)NC1CC1. The number of nitrogens with one attached hydrogen (secondary N) is 1. The molecule has 1 saturated carbocycles. The second kappa shape index (κ2) is 9.05. The van der Waals surface area contributed by atoms with Gasteiger partial charge in [0.2, 0.25) is 5.91 Å². The predicted octanol–water partition coefficient (Wildman–Crippen LogP) is 3.99. The Morgan fingerprint density at radius 2 is 1.93 bits per heavy atom. The van der Waals surface area contributed by atoms with Crippen LogP contribution in [-0.4, -0.2) is 40.4 Å². The number of hydrogen-bond donors (Lipinski definition) is 1. The monoisotopic (exact) mass is 468 g/mol. The first kappa shape index (κ1) is 20.7. The highest BCUT2D eigenvalue weighted by molar-refractivity contribution is 9.10. The first-order valence-corrected chi connectivity index (χ1v) is 11.3. The lowest BCUT2D eigenvalue weighted by Crippen LogP contribution is -2.34. The van der Waals surface area contributed by atoms with Gasteiger partial charge in [-0.3, -0.25) is 9.59 Å². The molecule has 1 aromatic carbocycles. The van der Waals surface area contributed by atoms with Crippen molar-refractivity contribution in [1.82, 2.24) is 14.8 Å². The van der Waals surface area contributed by atoms with Gasteiger partial charge >= 0.3 is 0 Å². The molecule has 2 aromatic rings. The van der Waals surface area contributed by atoms with Crippen molar-refractivity contribution in [3.63, 3.8) is 0 Å². The number of fused-ring (bicyclic) bond motifs is 1. The van der Waals surface area contributed by atoms with E-state index in [4.69, 9.17) is 0 Å². The Kier molecular flexibility index (Phi) is 6.24. The third kappa shape index (κ3) is 4.76. The van der Waals surface area contributed by atoms with Gasteiger partial charge in [-0.15, -0.1) is 0 Å². The molecule has 30 heavy (non-hydrogen) atoms. The van der Waals surface area contributed by atoms with Gasteiger partial charge in [0.05, 0.1) is 0 Å². The highest BCUT2D eigenvalue weighted by Crippen LogP contribution is 2.28. The number of rotatable bonds is 5. The zero-order valence-corrected chi connectivity index (χ0v) is 18.5. The molecule has 0 unspecified atom stereocenters. The summed E-state index contributed by atoms with van der Waals surface area (Å²) in [6.07, 6.45) is 9.90. The van der Waals surface area contributed by atoms with E-state index >= 15 is 0 Å². The van der Waals surface area contributed by atoms with E-state index in [0.29, 0.717) is 0 Å². The summed E-state index contributed by atoms with van der Waals surface area (Å²) in [7, 11) is 0. The zero-order valence-electron chi connectivity index (χ0n) is 16.9. The van der Waals surface area contributed by atoms with E-state index in [1.165, 1.54) is 12.8 Å². The van der Waals surface area contributed by atoms with Gasteiger partial charge in [-0.05, 0) is 50.0 Å². The lowest BCUT2D eigenvalue weighted by Gasteiger charge is -2.20. The van der Waals surface area contributed by atoms with Crippen LogP contribution >= 0.6 is 15.9 Å². The molecule has 1 aliphatic heterocycles. The topological polar surface area (TPSA) is 78.1 Å². The zero-order chi connectivity index (χ0) is 21.1. The second-order valence-electron chi connectivity index (χ2n) is 8.09. The first-order valence-electron chi connectivity index (χ1n) is 10.5. The van der Waals surface area contributed by atoms with Crippen molar-refractivity contribution < 1.29 is 9.59 Å². The molecule has 7 heteroatoms. The van der Waals surface area contributed by atoms with Crippen LogP contribution in [0.15, 0.2) is 34.4 Å². The van der Waals surface area contributed by atoms with Crippen LogP contribution in [0.3, 0.4) is 0 Å². The molecule has 2 fully saturated rings. The van der Waals surface area contributed by atoms with Gasteiger partial charge in [0, 0.05) is 46.3 Å². The van der Waals surface area contributed by atoms with Gasteiger partial charge in [0.1, 0.15) is 18.2 Å². The predicted molar refractivity (Wildman–Crippen MR) is 119 cm³/mol. The van der Waals surface area contributed by atoms with Crippen molar-refractivity contribution in [2.75, 3.05) is 13.1 Å². The fourth-order valence-corrected chi connectivity index (χ4v) is 4.26. The smallest absolute Gasteiger partial charge is 0.262 e. The maximum absolute atomic E-state index is 12.9. The molecule has 1 aliphatic carbocycles. The van der Waals surface area contributed by atoms with Crippen molar-refractivity contribution in [1.29, 1.82) is 5.26 Å². The summed E-state index contributed by atoms with van der Waals surface area (Å²) in [5.41, 5.74) is 1.75. The second-order valence-corrected chi connectivity index (χ2v) is 9.00. The number of aromatic nitrogens is 1. The minimum absolute atomic E-state index is 0.0831. The first-order chi connectivity index (χ1) is 14.5. The Labute approximate surface area is 184 Å². The minimum Gasteiger partial charge on any atom is -0.349 e. The third-order valence-corrected chi connectivity index (χ3v) is 6.21. The summed E-state index contributed by atoms with van der Waals surface area (Å²) in [6.45, 7) is 1.88. The third-order valence-electron chi connectivity index (χ3n) is 5.72. The molecule has 1 N–H and O–H groups in total. The molecule has 0 radical (unpaired) electrons. The number of likely N-dealkylation sites (tertiary alicyclic amines) is 1. The molecule has 2 amide bonds. The number of carbonyl (C=O) groups is 2. The molecule has 6 nitrogen and oxygen atoms in total. The Bertz CT molecular complexity index is 1040. The van der Waals surface area contributed by atoms with Crippen molar-refractivity contribution >= 4 is 44.7 Å². The minimum atomic E-state index is -0.337. The summed E-state index contributed by atoms with van der Waals surface area (Å²) < 4.78 is 2.83. The summed E-state index contributed by atoms with van der Waals surface area (Å²) in [4.78, 5) is 27.3. The molecule has 2 aliphatic rings. The van der Waals surface area contributed by atoms with E-state index in [2.05, 4.69) is 21.2 Å². The average molecular weight is 469 g/mol. The lowest BCUT2D eigenvalue weighted by molar-refractivity contribution is -0.131. The Morgan fingerprint density at radius 1 is 1.20 bits per heavy atom. The van der Waals surface area contributed by atoms with Gasteiger partial charge in [-0.25, -0.2) is 0 Å². The fourth-order valence-electron chi connectivity index (χ4n) is 3.90. The van der Waals surface area contributed by atoms with E-state index in [1.807, 2.05) is 39.9 Å². The normalized spacial score (nSPS) is 17.5. The highest BCUT2D eigenvalue weighted by Gasteiger charge is 2.25. The number of halogens is 1. The molecule has 0 atom stereocenters. The van der Waals surface area contributed by atoms with Gasteiger partial charge in [-0.1, -0.05) is 28.8 Å². The Hall–Kier alpha value is -2.59. The highest BCUT2D eigenvalue weighted by atomic mass is 79.9. The Morgan fingerprint density at radius 3 is 2.60 bits per heavy atom. The van der Waals surface area contributed by atoms with E-state index in [0.717, 1.165) is 59.7 Å². The number of benzene rings is 1. The maximum atomic E-state index is 12.9. The van der Waals surface area contributed by atoms with Gasteiger partial charge in [-0.2, -0.15) is 5.26 Å². The van der Waals surface area contributed by atoms with E-state index in [9.17, 15) is 14.9 Å². The quantitative estimate of drug-likeness (QED) is 0.532. The van der Waals surface area contributed by atoms with Gasteiger partial charge in [0.25, 0.3) is 5.91 Å². The summed E-state index contributed by atoms with van der Waals surface area (Å²) in [5.74, 6) is -0.226. The average Bonchev–Trinajstić information content (AvgIpc) is 3.52. The van der Waals surface area contributed by atoms with Crippen molar-refractivity contribution in [2.45, 2.75) is 51.1 Å². The molecule has 0 spiro atoms. The van der Waals surface area contributed by atoms with Crippen molar-refractivity contribution in [3.8, 4) is 6.07 Å². The fraction of sp³-hybridized carbons (Fsp3) is 0.435. The van der Waals surface area contributed by atoms with Crippen LogP contribution in [0.4, 0.5) is 0 Å². The lowest BCUT2D eigenvalue weighted by atomic mass is 10.1. The van der Waals surface area contributed by atoms with Crippen molar-refractivity contribution in [2.24, 2.45) is 0 Å².